The predicted molar refractivity (Wildman–Crippen MR) is 137 cm³/mol. The summed E-state index contributed by atoms with van der Waals surface area (Å²) in [5.74, 6) is -0.406. The average Bonchev–Trinajstić information content (AvgIpc) is 2.80. The fourth-order valence-electron chi connectivity index (χ4n) is 4.12. The van der Waals surface area contributed by atoms with Crippen molar-refractivity contribution in [3.63, 3.8) is 0 Å². The summed E-state index contributed by atoms with van der Waals surface area (Å²) in [7, 11) is -4.41. The number of anilines is 1. The van der Waals surface area contributed by atoms with Gasteiger partial charge in [0.15, 0.2) is 0 Å². The Morgan fingerprint density at radius 1 is 0.794 bits per heavy atom. The molecule has 0 fully saturated rings. The highest BCUT2D eigenvalue weighted by Gasteiger charge is 2.34. The van der Waals surface area contributed by atoms with E-state index >= 15 is 0 Å². The fourth-order valence-corrected chi connectivity index (χ4v) is 5.28. The van der Waals surface area contributed by atoms with E-state index < -0.39 is 16.3 Å². The highest BCUT2D eigenvalue weighted by atomic mass is 32.2. The van der Waals surface area contributed by atoms with E-state index in [4.69, 9.17) is 0 Å². The minimum Gasteiger partial charge on any atom is -0.464 e. The van der Waals surface area contributed by atoms with Gasteiger partial charge < -0.3 is 5.11 Å². The second-order valence-electron chi connectivity index (χ2n) is 8.87. The zero-order valence-corrected chi connectivity index (χ0v) is 20.8. The van der Waals surface area contributed by atoms with Gasteiger partial charge in [0.1, 0.15) is 0 Å². The third-order valence-corrected chi connectivity index (χ3v) is 7.18. The Labute approximate surface area is 202 Å². The van der Waals surface area contributed by atoms with E-state index in [1.54, 1.807) is 12.1 Å². The zero-order valence-electron chi connectivity index (χ0n) is 20.0. The Morgan fingerprint density at radius 3 is 1.62 bits per heavy atom. The van der Waals surface area contributed by atoms with Gasteiger partial charge in [-0.3, -0.25) is 0 Å². The molecule has 1 amide bonds. The van der Waals surface area contributed by atoms with Crippen LogP contribution < -0.4 is 9.03 Å². The van der Waals surface area contributed by atoms with Gasteiger partial charge in [-0.05, 0) is 34.1 Å². The average molecular weight is 481 g/mol. The first kappa shape index (κ1) is 25.5. The molecular weight excluding hydrogens is 448 g/mol. The summed E-state index contributed by atoms with van der Waals surface area (Å²) in [6.07, 6.45) is -1.54. The quantitative estimate of drug-likeness (QED) is 0.388. The topological polar surface area (TPSA) is 86.7 Å². The number of nitrogens with one attached hydrogen (secondary N) is 1. The Bertz CT molecular complexity index is 1140. The van der Waals surface area contributed by atoms with Crippen molar-refractivity contribution in [1.29, 1.82) is 0 Å². The normalized spacial score (nSPS) is 11.9. The number of carbonyl (C=O) groups is 1. The molecule has 0 saturated heterocycles. The Balaban J connectivity index is 2.03. The molecule has 6 nitrogen and oxygen atoms in total. The van der Waals surface area contributed by atoms with Crippen LogP contribution in [0.1, 0.15) is 67.7 Å². The number of rotatable bonds is 9. The van der Waals surface area contributed by atoms with Crippen LogP contribution in [-0.2, 0) is 10.2 Å². The van der Waals surface area contributed by atoms with Gasteiger partial charge in [-0.15, -0.1) is 0 Å². The largest absolute Gasteiger partial charge is 0.464 e. The number of benzene rings is 3. The number of nitrogens with zero attached hydrogens (tertiary/aromatic N) is 1. The SMILES string of the molecule is CC(C)c1cccc(C(C)C)c1N(C(=O)O)S(=O)(=O)NCC(c1ccccc1)c1ccccc1. The maximum Gasteiger partial charge on any atom is 0.426 e. The molecule has 0 aliphatic heterocycles. The molecule has 0 radical (unpaired) electrons. The third kappa shape index (κ3) is 5.66. The van der Waals surface area contributed by atoms with Crippen molar-refractivity contribution in [2.45, 2.75) is 45.4 Å². The second-order valence-corrected chi connectivity index (χ2v) is 10.5. The van der Waals surface area contributed by atoms with Gasteiger partial charge in [-0.2, -0.15) is 17.4 Å². The molecule has 0 aliphatic rings. The van der Waals surface area contributed by atoms with Crippen LogP contribution in [0.4, 0.5) is 10.5 Å². The van der Waals surface area contributed by atoms with E-state index in [0.717, 1.165) is 11.1 Å². The lowest BCUT2D eigenvalue weighted by atomic mass is 9.92. The summed E-state index contributed by atoms with van der Waals surface area (Å²) in [5.41, 5.74) is 3.42. The van der Waals surface area contributed by atoms with Gasteiger partial charge in [0.05, 0.1) is 5.69 Å². The van der Waals surface area contributed by atoms with Crippen molar-refractivity contribution in [3.8, 4) is 0 Å². The summed E-state index contributed by atoms with van der Waals surface area (Å²) < 4.78 is 30.1. The lowest BCUT2D eigenvalue weighted by Gasteiger charge is -2.28. The molecule has 0 unspecified atom stereocenters. The molecule has 0 atom stereocenters. The first-order valence-corrected chi connectivity index (χ1v) is 12.8. The van der Waals surface area contributed by atoms with Crippen molar-refractivity contribution in [3.05, 3.63) is 101 Å². The smallest absolute Gasteiger partial charge is 0.426 e. The molecule has 34 heavy (non-hydrogen) atoms. The highest BCUT2D eigenvalue weighted by molar-refractivity contribution is 7.91. The summed E-state index contributed by atoms with van der Waals surface area (Å²) in [5, 5.41) is 10.1. The highest BCUT2D eigenvalue weighted by Crippen LogP contribution is 2.37. The molecule has 180 valence electrons. The molecule has 2 N–H and O–H groups in total. The summed E-state index contributed by atoms with van der Waals surface area (Å²) in [6, 6.07) is 24.6. The molecule has 7 heteroatoms. The lowest BCUT2D eigenvalue weighted by Crippen LogP contribution is -2.46. The van der Waals surface area contributed by atoms with Gasteiger partial charge in [0.2, 0.25) is 0 Å². The van der Waals surface area contributed by atoms with E-state index in [1.165, 1.54) is 0 Å². The Hall–Kier alpha value is -3.16. The molecule has 3 rings (SSSR count). The number of hydrogen-bond acceptors (Lipinski definition) is 3. The van der Waals surface area contributed by atoms with Gasteiger partial charge in [0, 0.05) is 12.5 Å². The molecule has 3 aromatic rings. The molecule has 0 aromatic heterocycles. The van der Waals surface area contributed by atoms with Crippen LogP contribution in [0.25, 0.3) is 0 Å². The number of hydrogen-bond donors (Lipinski definition) is 2. The first-order valence-electron chi connectivity index (χ1n) is 11.4. The van der Waals surface area contributed by atoms with Gasteiger partial charge in [0.25, 0.3) is 0 Å². The van der Waals surface area contributed by atoms with Crippen LogP contribution >= 0.6 is 0 Å². The first-order chi connectivity index (χ1) is 16.1. The Kier molecular flexibility index (Phi) is 8.12. The van der Waals surface area contributed by atoms with E-state index in [2.05, 4.69) is 4.72 Å². The molecule has 0 aliphatic carbocycles. The van der Waals surface area contributed by atoms with Crippen LogP contribution in [0.15, 0.2) is 78.9 Å². The van der Waals surface area contributed by atoms with Crippen molar-refractivity contribution >= 4 is 22.0 Å². The van der Waals surface area contributed by atoms with Gasteiger partial charge in [-0.25, -0.2) is 4.79 Å². The molecule has 3 aromatic carbocycles. The zero-order chi connectivity index (χ0) is 24.9. The Morgan fingerprint density at radius 2 is 1.24 bits per heavy atom. The van der Waals surface area contributed by atoms with E-state index in [9.17, 15) is 18.3 Å². The van der Waals surface area contributed by atoms with E-state index in [-0.39, 0.29) is 30.0 Å². The third-order valence-electron chi connectivity index (χ3n) is 5.83. The van der Waals surface area contributed by atoms with Crippen molar-refractivity contribution in [2.24, 2.45) is 0 Å². The van der Waals surface area contributed by atoms with Gasteiger partial charge in [-0.1, -0.05) is 107 Å². The van der Waals surface area contributed by atoms with Crippen molar-refractivity contribution < 1.29 is 18.3 Å². The van der Waals surface area contributed by atoms with Crippen molar-refractivity contribution in [2.75, 3.05) is 10.8 Å². The number of carboxylic acid groups (broad SMARTS) is 1. The minimum absolute atomic E-state index is 0.0149. The van der Waals surface area contributed by atoms with Crippen LogP contribution in [-0.4, -0.2) is 26.2 Å². The minimum atomic E-state index is -4.41. The lowest BCUT2D eigenvalue weighted by molar-refractivity contribution is 0.206. The standard InChI is InChI=1S/C27H32N2O4S/c1-19(2)23-16-11-17-24(20(3)4)26(23)29(27(30)31)34(32,33)28-18-25(21-12-7-5-8-13-21)22-14-9-6-10-15-22/h5-17,19-20,25,28H,18H2,1-4H3,(H,30,31). The fraction of sp³-hybridized carbons (Fsp3) is 0.296. The van der Waals surface area contributed by atoms with Crippen LogP contribution in [0.2, 0.25) is 0 Å². The van der Waals surface area contributed by atoms with Crippen LogP contribution in [0, 0.1) is 0 Å². The van der Waals surface area contributed by atoms with E-state index in [0.29, 0.717) is 15.4 Å². The predicted octanol–water partition coefficient (Wildman–Crippen LogP) is 6.08. The maximum atomic E-state index is 13.5. The number of amides is 1. The monoisotopic (exact) mass is 480 g/mol. The van der Waals surface area contributed by atoms with Gasteiger partial charge >= 0.3 is 16.3 Å². The second kappa shape index (κ2) is 10.8. The molecule has 0 heterocycles. The molecular formula is C27H32N2O4S. The van der Waals surface area contributed by atoms with Crippen LogP contribution in [0.3, 0.4) is 0 Å². The maximum absolute atomic E-state index is 13.5. The summed E-state index contributed by atoms with van der Waals surface area (Å²) in [6.45, 7) is 7.70. The van der Waals surface area contributed by atoms with Crippen LogP contribution in [0.5, 0.6) is 0 Å². The summed E-state index contributed by atoms with van der Waals surface area (Å²) in [4.78, 5) is 12.4. The molecule has 0 bridgehead atoms. The summed E-state index contributed by atoms with van der Waals surface area (Å²) >= 11 is 0. The number of para-hydroxylation sites is 1. The molecule has 0 spiro atoms. The molecule has 0 saturated carbocycles. The van der Waals surface area contributed by atoms with Crippen molar-refractivity contribution in [1.82, 2.24) is 4.72 Å². The van der Waals surface area contributed by atoms with E-state index in [1.807, 2.05) is 94.4 Å².